The topological polar surface area (TPSA) is 33.3 Å². The molecule has 4 nitrogen and oxygen atoms in total. The number of anilines is 1. The highest BCUT2D eigenvalue weighted by Crippen LogP contribution is 2.43. The molecule has 3 aromatic rings. The summed E-state index contributed by atoms with van der Waals surface area (Å²) in [6.45, 7) is 2.60. The van der Waals surface area contributed by atoms with Crippen molar-refractivity contribution in [2.45, 2.75) is 23.7 Å². The third kappa shape index (κ3) is 3.09. The van der Waals surface area contributed by atoms with E-state index in [9.17, 15) is 5.11 Å². The summed E-state index contributed by atoms with van der Waals surface area (Å²) in [6.07, 6.45) is 4.10. The van der Waals surface area contributed by atoms with Crippen LogP contribution in [0.3, 0.4) is 0 Å². The van der Waals surface area contributed by atoms with Gasteiger partial charge in [-0.05, 0) is 55.6 Å². The molecule has 2 heterocycles. The second-order valence-corrected chi connectivity index (χ2v) is 7.88. The second-order valence-electron chi connectivity index (χ2n) is 6.35. The highest BCUT2D eigenvalue weighted by molar-refractivity contribution is 8.00. The van der Waals surface area contributed by atoms with Crippen molar-refractivity contribution in [2.75, 3.05) is 11.9 Å². The van der Waals surface area contributed by atoms with E-state index in [-0.39, 0.29) is 11.3 Å². The van der Waals surface area contributed by atoms with Crippen LogP contribution in [0.4, 0.5) is 5.69 Å². The summed E-state index contributed by atoms with van der Waals surface area (Å²) in [7, 11) is 2.09. The molecule has 4 rings (SSSR count). The molecule has 0 saturated heterocycles. The zero-order chi connectivity index (χ0) is 19.0. The fraction of sp³-hybridized carbons (Fsp3) is 0.190. The number of hydrogen-bond acceptors (Lipinski definition) is 4. The molecule has 2 aromatic carbocycles. The molecular formula is C21H21N3OS2. The van der Waals surface area contributed by atoms with E-state index in [1.165, 1.54) is 10.6 Å². The number of aromatic nitrogens is 2. The summed E-state index contributed by atoms with van der Waals surface area (Å²) in [5.41, 5.74) is 2.88. The Kier molecular flexibility index (Phi) is 4.85. The molecule has 1 atom stereocenters. The van der Waals surface area contributed by atoms with Crippen LogP contribution in [0.2, 0.25) is 0 Å². The number of rotatable bonds is 4. The Morgan fingerprint density at radius 1 is 1.11 bits per heavy atom. The van der Waals surface area contributed by atoms with Crippen LogP contribution < -0.4 is 4.90 Å². The first kappa shape index (κ1) is 17.9. The number of thioether (sulfide) groups is 1. The van der Waals surface area contributed by atoms with Crippen LogP contribution in [-0.2, 0) is 6.54 Å². The zero-order valence-electron chi connectivity index (χ0n) is 15.2. The molecule has 6 heteroatoms. The van der Waals surface area contributed by atoms with E-state index in [2.05, 4.69) is 42.3 Å². The molecule has 138 valence electrons. The predicted molar refractivity (Wildman–Crippen MR) is 115 cm³/mol. The standard InChI is InChI=1S/C21H21N3OS2/c1-3-23-20(25)17(24(21(23)26)15-9-5-4-6-10-15)13-14-19-22(2)16-11-7-8-12-18(16)27-19/h4-14,19,25H,3H2,1-2H3/b14-13-. The third-order valence-corrected chi connectivity index (χ3v) is 6.49. The average Bonchev–Trinajstić information content (AvgIpc) is 3.14. The van der Waals surface area contributed by atoms with Gasteiger partial charge in [-0.1, -0.05) is 42.1 Å². The van der Waals surface area contributed by atoms with Gasteiger partial charge >= 0.3 is 0 Å². The maximum atomic E-state index is 10.8. The van der Waals surface area contributed by atoms with Gasteiger partial charge in [-0.25, -0.2) is 0 Å². The Balaban J connectivity index is 1.75. The van der Waals surface area contributed by atoms with E-state index in [4.69, 9.17) is 12.2 Å². The Morgan fingerprint density at radius 2 is 1.81 bits per heavy atom. The zero-order valence-corrected chi connectivity index (χ0v) is 16.9. The molecular weight excluding hydrogens is 374 g/mol. The van der Waals surface area contributed by atoms with Crippen LogP contribution in [0.15, 0.2) is 65.6 Å². The number of likely N-dealkylation sites (N-methyl/N-ethyl adjacent to an activating group) is 1. The number of fused-ring (bicyclic) bond motifs is 1. The van der Waals surface area contributed by atoms with Crippen molar-refractivity contribution < 1.29 is 5.11 Å². The summed E-state index contributed by atoms with van der Waals surface area (Å²) in [5, 5.41) is 10.9. The maximum Gasteiger partial charge on any atom is 0.218 e. The van der Waals surface area contributed by atoms with E-state index in [1.807, 2.05) is 47.9 Å². The van der Waals surface area contributed by atoms with Gasteiger partial charge in [-0.15, -0.1) is 0 Å². The lowest BCUT2D eigenvalue weighted by Gasteiger charge is -2.18. The molecule has 1 aliphatic heterocycles. The normalized spacial score (nSPS) is 16.2. The smallest absolute Gasteiger partial charge is 0.218 e. The van der Waals surface area contributed by atoms with Crippen molar-refractivity contribution in [3.05, 3.63) is 71.1 Å². The summed E-state index contributed by atoms with van der Waals surface area (Å²) in [4.78, 5) is 3.51. The first-order valence-electron chi connectivity index (χ1n) is 8.88. The summed E-state index contributed by atoms with van der Waals surface area (Å²) >= 11 is 7.43. The first-order valence-corrected chi connectivity index (χ1v) is 10.2. The van der Waals surface area contributed by atoms with E-state index in [1.54, 1.807) is 16.3 Å². The van der Waals surface area contributed by atoms with E-state index in [0.717, 1.165) is 5.69 Å². The summed E-state index contributed by atoms with van der Waals surface area (Å²) in [5.74, 6) is 0.200. The van der Waals surface area contributed by atoms with Gasteiger partial charge < -0.3 is 10.0 Å². The lowest BCUT2D eigenvalue weighted by Crippen LogP contribution is -2.21. The molecule has 0 bridgehead atoms. The van der Waals surface area contributed by atoms with Gasteiger partial charge in [0.25, 0.3) is 0 Å². The minimum atomic E-state index is 0.171. The van der Waals surface area contributed by atoms with Crippen molar-refractivity contribution in [3.63, 3.8) is 0 Å². The monoisotopic (exact) mass is 395 g/mol. The average molecular weight is 396 g/mol. The van der Waals surface area contributed by atoms with E-state index >= 15 is 0 Å². The van der Waals surface area contributed by atoms with Crippen LogP contribution in [0.25, 0.3) is 11.8 Å². The highest BCUT2D eigenvalue weighted by Gasteiger charge is 2.25. The Hall–Kier alpha value is -2.44. The molecule has 1 unspecified atom stereocenters. The molecule has 0 aliphatic carbocycles. The predicted octanol–water partition coefficient (Wildman–Crippen LogP) is 5.32. The van der Waals surface area contributed by atoms with Crippen LogP contribution >= 0.6 is 24.0 Å². The van der Waals surface area contributed by atoms with E-state index < -0.39 is 0 Å². The Morgan fingerprint density at radius 3 is 2.52 bits per heavy atom. The maximum absolute atomic E-state index is 10.8. The number of imidazole rings is 1. The van der Waals surface area contributed by atoms with Gasteiger partial charge in [-0.2, -0.15) is 0 Å². The molecule has 0 fully saturated rings. The molecule has 0 saturated carbocycles. The summed E-state index contributed by atoms with van der Waals surface area (Å²) in [6, 6.07) is 18.3. The van der Waals surface area contributed by atoms with Gasteiger partial charge in [0.05, 0.1) is 11.1 Å². The molecule has 0 amide bonds. The Labute approximate surface area is 168 Å². The molecule has 1 aliphatic rings. The number of benzene rings is 2. The molecule has 1 aromatic heterocycles. The number of aromatic hydroxyl groups is 1. The SMILES string of the molecule is CCn1c(O)c(/C=C\C2Sc3ccccc3N2C)n(-c2ccccc2)c1=S. The highest BCUT2D eigenvalue weighted by atomic mass is 32.2. The van der Waals surface area contributed by atoms with Crippen LogP contribution in [0, 0.1) is 4.77 Å². The largest absolute Gasteiger partial charge is 0.493 e. The van der Waals surface area contributed by atoms with Gasteiger partial charge in [0, 0.05) is 24.2 Å². The van der Waals surface area contributed by atoms with Gasteiger partial charge in [-0.3, -0.25) is 9.13 Å². The number of hydrogen-bond donors (Lipinski definition) is 1. The second kappa shape index (κ2) is 7.29. The third-order valence-electron chi connectivity index (χ3n) is 4.77. The molecule has 27 heavy (non-hydrogen) atoms. The van der Waals surface area contributed by atoms with Crippen LogP contribution in [-0.4, -0.2) is 26.7 Å². The minimum Gasteiger partial charge on any atom is -0.493 e. The number of nitrogens with zero attached hydrogens (tertiary/aromatic N) is 3. The summed E-state index contributed by atoms with van der Waals surface area (Å²) < 4.78 is 4.27. The van der Waals surface area contributed by atoms with Crippen molar-refractivity contribution in [2.24, 2.45) is 0 Å². The van der Waals surface area contributed by atoms with E-state index in [0.29, 0.717) is 17.0 Å². The lowest BCUT2D eigenvalue weighted by atomic mass is 10.3. The van der Waals surface area contributed by atoms with Crippen molar-refractivity contribution >= 4 is 35.7 Å². The molecule has 0 radical (unpaired) electrons. The van der Waals surface area contributed by atoms with Crippen molar-refractivity contribution in [1.82, 2.24) is 9.13 Å². The Bertz CT molecular complexity index is 1050. The molecule has 0 spiro atoms. The minimum absolute atomic E-state index is 0.171. The van der Waals surface area contributed by atoms with Gasteiger partial charge in [0.1, 0.15) is 5.69 Å². The van der Waals surface area contributed by atoms with Gasteiger partial charge in [0.2, 0.25) is 5.88 Å². The van der Waals surface area contributed by atoms with Crippen LogP contribution in [0.5, 0.6) is 5.88 Å². The van der Waals surface area contributed by atoms with Crippen molar-refractivity contribution in [3.8, 4) is 11.6 Å². The van der Waals surface area contributed by atoms with Crippen LogP contribution in [0.1, 0.15) is 12.6 Å². The first-order chi connectivity index (χ1) is 13.1. The fourth-order valence-electron chi connectivity index (χ4n) is 3.35. The lowest BCUT2D eigenvalue weighted by molar-refractivity contribution is 0.419. The molecule has 1 N–H and O–H groups in total. The van der Waals surface area contributed by atoms with Crippen molar-refractivity contribution in [1.29, 1.82) is 0 Å². The number of para-hydroxylation sites is 2. The quantitative estimate of drug-likeness (QED) is 0.607. The van der Waals surface area contributed by atoms with Gasteiger partial charge in [0.15, 0.2) is 4.77 Å². The fourth-order valence-corrected chi connectivity index (χ4v) is 4.95.